The van der Waals surface area contributed by atoms with Crippen LogP contribution in [0.3, 0.4) is 0 Å². The first-order chi connectivity index (χ1) is 12.0. The number of aliphatic hydroxyl groups excluding tert-OH is 1. The lowest BCUT2D eigenvalue weighted by atomic mass is 10.1. The molecule has 4 rings (SSSR count). The molecule has 25 heavy (non-hydrogen) atoms. The Kier molecular flexibility index (Phi) is 3.51. The summed E-state index contributed by atoms with van der Waals surface area (Å²) in [6, 6.07) is 9.20. The summed E-state index contributed by atoms with van der Waals surface area (Å²) < 4.78 is 7.81. The fourth-order valence-corrected chi connectivity index (χ4v) is 3.36. The zero-order valence-corrected chi connectivity index (χ0v) is 13.9. The summed E-state index contributed by atoms with van der Waals surface area (Å²) >= 11 is 0. The molecule has 0 aliphatic heterocycles. The van der Waals surface area contributed by atoms with Crippen molar-refractivity contribution in [2.45, 2.75) is 32.5 Å². The van der Waals surface area contributed by atoms with E-state index in [9.17, 15) is 15.0 Å². The highest BCUT2D eigenvalue weighted by Gasteiger charge is 2.33. The summed E-state index contributed by atoms with van der Waals surface area (Å²) in [7, 11) is 0. The Balaban J connectivity index is 1.84. The van der Waals surface area contributed by atoms with Gasteiger partial charge >= 0.3 is 5.97 Å². The topological polar surface area (TPSA) is 84.1 Å². The van der Waals surface area contributed by atoms with Crippen molar-refractivity contribution in [1.29, 1.82) is 0 Å². The van der Waals surface area contributed by atoms with Gasteiger partial charge in [0, 0.05) is 24.4 Å². The number of carboxylic acid groups (broad SMARTS) is 1. The molecule has 128 valence electrons. The maximum absolute atomic E-state index is 11.5. The van der Waals surface area contributed by atoms with Crippen LogP contribution in [0.2, 0.25) is 0 Å². The molecule has 2 aromatic heterocycles. The third-order valence-electron chi connectivity index (χ3n) is 4.80. The Morgan fingerprint density at radius 3 is 2.84 bits per heavy atom. The van der Waals surface area contributed by atoms with E-state index in [1.807, 2.05) is 38.1 Å². The van der Waals surface area contributed by atoms with E-state index in [1.54, 1.807) is 10.6 Å². The summed E-state index contributed by atoms with van der Waals surface area (Å²) in [5, 5.41) is 19.8. The molecule has 0 amide bonds. The maximum atomic E-state index is 11.5. The molecule has 6 nitrogen and oxygen atoms in total. The van der Waals surface area contributed by atoms with Gasteiger partial charge < -0.3 is 19.4 Å². The smallest absolute Gasteiger partial charge is 0.337 e. The quantitative estimate of drug-likeness (QED) is 0.767. The number of imidazole rings is 1. The number of pyridine rings is 1. The minimum Gasteiger partial charge on any atom is -0.479 e. The van der Waals surface area contributed by atoms with Crippen LogP contribution in [0.5, 0.6) is 5.75 Å². The van der Waals surface area contributed by atoms with Gasteiger partial charge in [-0.3, -0.25) is 0 Å². The van der Waals surface area contributed by atoms with E-state index in [4.69, 9.17) is 4.74 Å². The third-order valence-corrected chi connectivity index (χ3v) is 4.80. The van der Waals surface area contributed by atoms with Crippen molar-refractivity contribution in [1.82, 2.24) is 9.38 Å². The number of carboxylic acids is 1. The third kappa shape index (κ3) is 2.46. The van der Waals surface area contributed by atoms with E-state index in [2.05, 4.69) is 4.98 Å². The van der Waals surface area contributed by atoms with Crippen LogP contribution in [0, 0.1) is 13.8 Å². The van der Waals surface area contributed by atoms with E-state index < -0.39 is 18.2 Å². The molecule has 1 aliphatic rings. The first-order valence-electron chi connectivity index (χ1n) is 8.11. The van der Waals surface area contributed by atoms with Crippen molar-refractivity contribution in [3.63, 3.8) is 0 Å². The Labute approximate surface area is 144 Å². The molecule has 1 aliphatic carbocycles. The van der Waals surface area contributed by atoms with Gasteiger partial charge in [-0.15, -0.1) is 0 Å². The van der Waals surface area contributed by atoms with Gasteiger partial charge in [-0.2, -0.15) is 0 Å². The van der Waals surface area contributed by atoms with Crippen LogP contribution in [0.1, 0.15) is 39.0 Å². The highest BCUT2D eigenvalue weighted by Crippen LogP contribution is 2.37. The number of nitrogens with zero attached hydrogens (tertiary/aromatic N) is 2. The summed E-state index contributed by atoms with van der Waals surface area (Å²) in [6.45, 7) is 3.75. The number of hydrogen-bond donors (Lipinski definition) is 2. The highest BCUT2D eigenvalue weighted by molar-refractivity contribution is 5.88. The SMILES string of the molecule is Cc1nc2c(O[C@@H]3c4ccccc4C[C@H]3O)cc(C(=O)O)cn2c1C. The van der Waals surface area contributed by atoms with Gasteiger partial charge in [-0.05, 0) is 25.0 Å². The molecular formula is C19H18N2O4. The summed E-state index contributed by atoms with van der Waals surface area (Å²) in [5.41, 5.74) is 4.30. The number of hydrogen-bond acceptors (Lipinski definition) is 4. The highest BCUT2D eigenvalue weighted by atomic mass is 16.5. The summed E-state index contributed by atoms with van der Waals surface area (Å²) in [4.78, 5) is 16.0. The Bertz CT molecular complexity index is 992. The monoisotopic (exact) mass is 338 g/mol. The van der Waals surface area contributed by atoms with E-state index in [-0.39, 0.29) is 5.56 Å². The van der Waals surface area contributed by atoms with Gasteiger partial charge in [0.05, 0.1) is 17.4 Å². The maximum Gasteiger partial charge on any atom is 0.337 e. The zero-order valence-electron chi connectivity index (χ0n) is 13.9. The van der Waals surface area contributed by atoms with Gasteiger partial charge in [0.2, 0.25) is 0 Å². The predicted molar refractivity (Wildman–Crippen MR) is 91.1 cm³/mol. The largest absolute Gasteiger partial charge is 0.479 e. The van der Waals surface area contributed by atoms with E-state index in [1.165, 1.54) is 6.07 Å². The zero-order chi connectivity index (χ0) is 17.7. The number of fused-ring (bicyclic) bond motifs is 2. The normalized spacial score (nSPS) is 19.2. The van der Waals surface area contributed by atoms with Crippen molar-refractivity contribution in [3.8, 4) is 5.75 Å². The molecule has 2 atom stereocenters. The lowest BCUT2D eigenvalue weighted by Gasteiger charge is -2.19. The van der Waals surface area contributed by atoms with Crippen molar-refractivity contribution in [2.24, 2.45) is 0 Å². The molecule has 1 aromatic carbocycles. The van der Waals surface area contributed by atoms with E-state index in [0.717, 1.165) is 22.5 Å². The van der Waals surface area contributed by atoms with Crippen molar-refractivity contribution >= 4 is 11.6 Å². The Hall–Kier alpha value is -2.86. The predicted octanol–water partition coefficient (Wildman–Crippen LogP) is 2.69. The lowest BCUT2D eigenvalue weighted by Crippen LogP contribution is -2.19. The standard InChI is InChI=1S/C19H18N2O4/c1-10-11(2)21-9-13(19(23)24)8-16(18(21)20-10)25-17-14-6-4-3-5-12(14)7-15(17)22/h3-6,8-9,15,17,22H,7H2,1-2H3,(H,23,24)/t15-,17-/m1/s1. The second-order valence-electron chi connectivity index (χ2n) is 6.38. The Morgan fingerprint density at radius 2 is 2.08 bits per heavy atom. The average Bonchev–Trinajstić information content (AvgIpc) is 3.05. The molecule has 3 aromatic rings. The molecule has 0 fully saturated rings. The number of ether oxygens (including phenoxy) is 1. The number of aromatic carboxylic acids is 1. The molecule has 0 saturated carbocycles. The molecule has 0 saturated heterocycles. The Morgan fingerprint density at radius 1 is 1.32 bits per heavy atom. The van der Waals surface area contributed by atoms with E-state index >= 15 is 0 Å². The summed E-state index contributed by atoms with van der Waals surface area (Å²) in [6.07, 6.45) is 0.839. The number of carbonyl (C=O) groups is 1. The molecule has 2 heterocycles. The first-order valence-corrected chi connectivity index (χ1v) is 8.11. The molecule has 0 spiro atoms. The minimum absolute atomic E-state index is 0.115. The minimum atomic E-state index is -1.04. The van der Waals surface area contributed by atoms with Gasteiger partial charge in [0.15, 0.2) is 17.5 Å². The second-order valence-corrected chi connectivity index (χ2v) is 6.38. The van der Waals surface area contributed by atoms with E-state index in [0.29, 0.717) is 17.8 Å². The first kappa shape index (κ1) is 15.7. The molecule has 0 unspecified atom stereocenters. The molecule has 2 N–H and O–H groups in total. The number of aromatic nitrogens is 2. The fraction of sp³-hybridized carbons (Fsp3) is 0.263. The van der Waals surface area contributed by atoms with Crippen LogP contribution < -0.4 is 4.74 Å². The van der Waals surface area contributed by atoms with Crippen molar-refractivity contribution < 1.29 is 19.7 Å². The van der Waals surface area contributed by atoms with Crippen LogP contribution in [0.15, 0.2) is 36.5 Å². The van der Waals surface area contributed by atoms with Crippen LogP contribution in [0.25, 0.3) is 5.65 Å². The molecule has 0 bridgehead atoms. The van der Waals surface area contributed by atoms with Crippen LogP contribution in [-0.2, 0) is 6.42 Å². The van der Waals surface area contributed by atoms with Gasteiger partial charge in [0.1, 0.15) is 0 Å². The van der Waals surface area contributed by atoms with Crippen LogP contribution in [0.4, 0.5) is 0 Å². The van der Waals surface area contributed by atoms with Gasteiger partial charge in [-0.1, -0.05) is 24.3 Å². The molecule has 0 radical (unpaired) electrons. The van der Waals surface area contributed by atoms with Gasteiger partial charge in [-0.25, -0.2) is 9.78 Å². The average molecular weight is 338 g/mol. The second kappa shape index (κ2) is 5.60. The summed E-state index contributed by atoms with van der Waals surface area (Å²) in [5.74, 6) is -0.679. The number of rotatable bonds is 3. The molecule has 6 heteroatoms. The lowest BCUT2D eigenvalue weighted by molar-refractivity contribution is 0.0500. The van der Waals surface area contributed by atoms with Crippen molar-refractivity contribution in [2.75, 3.05) is 0 Å². The number of aliphatic hydroxyl groups is 1. The van der Waals surface area contributed by atoms with Crippen molar-refractivity contribution in [3.05, 3.63) is 64.6 Å². The number of benzene rings is 1. The van der Waals surface area contributed by atoms with Crippen LogP contribution >= 0.6 is 0 Å². The van der Waals surface area contributed by atoms with Gasteiger partial charge in [0.25, 0.3) is 0 Å². The van der Waals surface area contributed by atoms with Crippen LogP contribution in [-0.4, -0.2) is 31.7 Å². The number of aryl methyl sites for hydroxylation is 2. The molecular weight excluding hydrogens is 320 g/mol. The fourth-order valence-electron chi connectivity index (χ4n) is 3.36.